The van der Waals surface area contributed by atoms with Crippen LogP contribution >= 0.6 is 0 Å². The van der Waals surface area contributed by atoms with Gasteiger partial charge in [0.05, 0.1) is 0 Å². The maximum absolute atomic E-state index is 12.1. The summed E-state index contributed by atoms with van der Waals surface area (Å²) in [4.78, 5) is 12.1. The quantitative estimate of drug-likeness (QED) is 0.881. The van der Waals surface area contributed by atoms with E-state index >= 15 is 0 Å². The lowest BCUT2D eigenvalue weighted by Gasteiger charge is -2.08. The zero-order valence-electron chi connectivity index (χ0n) is 11.1. The van der Waals surface area contributed by atoms with Crippen LogP contribution in [0.5, 0.6) is 5.75 Å². The first-order valence-corrected chi connectivity index (χ1v) is 6.29. The second-order valence-electron chi connectivity index (χ2n) is 4.57. The molecule has 3 heteroatoms. The summed E-state index contributed by atoms with van der Waals surface area (Å²) >= 11 is 0. The van der Waals surface area contributed by atoms with Crippen molar-refractivity contribution >= 4 is 11.6 Å². The van der Waals surface area contributed by atoms with Crippen molar-refractivity contribution in [1.29, 1.82) is 0 Å². The molecule has 2 aromatic rings. The van der Waals surface area contributed by atoms with Gasteiger partial charge in [-0.25, -0.2) is 0 Å². The Balaban J connectivity index is 2.21. The van der Waals surface area contributed by atoms with Crippen LogP contribution in [0.25, 0.3) is 0 Å². The second kappa shape index (κ2) is 5.57. The third kappa shape index (κ3) is 3.35. The van der Waals surface area contributed by atoms with Crippen molar-refractivity contribution in [3.63, 3.8) is 0 Å². The lowest BCUT2D eigenvalue weighted by atomic mass is 10.1. The molecule has 1 amide bonds. The van der Waals surface area contributed by atoms with Crippen molar-refractivity contribution in [3.8, 4) is 5.75 Å². The summed E-state index contributed by atoms with van der Waals surface area (Å²) in [6.45, 7) is 3.95. The van der Waals surface area contributed by atoms with Crippen LogP contribution in [0.15, 0.2) is 42.5 Å². The molecule has 3 nitrogen and oxygen atoms in total. The average Bonchev–Trinajstić information content (AvgIpc) is 2.38. The van der Waals surface area contributed by atoms with Crippen LogP contribution < -0.4 is 5.32 Å². The van der Waals surface area contributed by atoms with Gasteiger partial charge >= 0.3 is 0 Å². The topological polar surface area (TPSA) is 49.3 Å². The molecule has 0 aliphatic heterocycles. The van der Waals surface area contributed by atoms with E-state index in [1.54, 1.807) is 18.2 Å². The number of amides is 1. The molecule has 19 heavy (non-hydrogen) atoms. The molecule has 0 saturated heterocycles. The average molecular weight is 255 g/mol. The lowest BCUT2D eigenvalue weighted by Crippen LogP contribution is -2.12. The fraction of sp³-hybridized carbons (Fsp3) is 0.188. The molecule has 0 unspecified atom stereocenters. The minimum Gasteiger partial charge on any atom is -0.508 e. The van der Waals surface area contributed by atoms with Crippen LogP contribution in [0.2, 0.25) is 0 Å². The Kier molecular flexibility index (Phi) is 3.85. The van der Waals surface area contributed by atoms with E-state index in [9.17, 15) is 9.90 Å². The van der Waals surface area contributed by atoms with E-state index in [1.807, 2.05) is 38.1 Å². The zero-order chi connectivity index (χ0) is 13.8. The highest BCUT2D eigenvalue weighted by Crippen LogP contribution is 2.21. The standard InChI is InChI=1S/C16H17NO2/c1-3-12-8-14(10-15(18)9-12)17-16(19)13-6-4-5-11(2)7-13/h4-10,18H,3H2,1-2H3,(H,17,19). The van der Waals surface area contributed by atoms with Crippen LogP contribution in [0, 0.1) is 6.92 Å². The Bertz CT molecular complexity index is 605. The van der Waals surface area contributed by atoms with Gasteiger partial charge in [-0.15, -0.1) is 0 Å². The van der Waals surface area contributed by atoms with Gasteiger partial charge in [-0.3, -0.25) is 4.79 Å². The number of anilines is 1. The van der Waals surface area contributed by atoms with Gasteiger partial charge < -0.3 is 10.4 Å². The normalized spacial score (nSPS) is 10.2. The molecule has 0 aromatic heterocycles. The van der Waals surface area contributed by atoms with Gasteiger partial charge in [0, 0.05) is 17.3 Å². The Labute approximate surface area is 112 Å². The smallest absolute Gasteiger partial charge is 0.255 e. The van der Waals surface area contributed by atoms with Gasteiger partial charge in [0.2, 0.25) is 0 Å². The number of hydrogen-bond acceptors (Lipinski definition) is 2. The molecular formula is C16H17NO2. The molecule has 0 atom stereocenters. The summed E-state index contributed by atoms with van der Waals surface area (Å²) < 4.78 is 0. The largest absolute Gasteiger partial charge is 0.508 e. The van der Waals surface area contributed by atoms with E-state index in [0.717, 1.165) is 17.5 Å². The first-order chi connectivity index (χ1) is 9.08. The molecule has 2 aromatic carbocycles. The number of benzene rings is 2. The highest BCUT2D eigenvalue weighted by atomic mass is 16.3. The Morgan fingerprint density at radius 1 is 1.21 bits per heavy atom. The lowest BCUT2D eigenvalue weighted by molar-refractivity contribution is 0.102. The van der Waals surface area contributed by atoms with E-state index in [1.165, 1.54) is 0 Å². The zero-order valence-corrected chi connectivity index (χ0v) is 11.1. The van der Waals surface area contributed by atoms with Gasteiger partial charge in [-0.1, -0.05) is 24.6 Å². The maximum Gasteiger partial charge on any atom is 0.255 e. The fourth-order valence-corrected chi connectivity index (χ4v) is 1.94. The number of carbonyl (C=O) groups excluding carboxylic acids is 1. The first kappa shape index (κ1) is 13.1. The monoisotopic (exact) mass is 255 g/mol. The Morgan fingerprint density at radius 2 is 2.00 bits per heavy atom. The second-order valence-corrected chi connectivity index (χ2v) is 4.57. The molecule has 0 saturated carbocycles. The third-order valence-electron chi connectivity index (χ3n) is 2.92. The minimum absolute atomic E-state index is 0.166. The van der Waals surface area contributed by atoms with Crippen LogP contribution in [0.4, 0.5) is 5.69 Å². The summed E-state index contributed by atoms with van der Waals surface area (Å²) in [6.07, 6.45) is 0.807. The highest BCUT2D eigenvalue weighted by Gasteiger charge is 2.07. The van der Waals surface area contributed by atoms with E-state index in [4.69, 9.17) is 0 Å². The van der Waals surface area contributed by atoms with E-state index in [-0.39, 0.29) is 11.7 Å². The number of phenolic OH excluding ortho intramolecular Hbond substituents is 1. The summed E-state index contributed by atoms with van der Waals surface area (Å²) in [6, 6.07) is 12.5. The van der Waals surface area contributed by atoms with E-state index in [0.29, 0.717) is 11.3 Å². The van der Waals surface area contributed by atoms with Crippen molar-refractivity contribution in [2.24, 2.45) is 0 Å². The fourth-order valence-electron chi connectivity index (χ4n) is 1.94. The van der Waals surface area contributed by atoms with Crippen LogP contribution in [0.1, 0.15) is 28.4 Å². The van der Waals surface area contributed by atoms with Gasteiger partial charge in [-0.05, 0) is 43.2 Å². The predicted molar refractivity (Wildman–Crippen MR) is 76.6 cm³/mol. The van der Waals surface area contributed by atoms with E-state index in [2.05, 4.69) is 5.32 Å². The number of rotatable bonds is 3. The molecular weight excluding hydrogens is 238 g/mol. The molecule has 0 aliphatic rings. The molecule has 0 fully saturated rings. The van der Waals surface area contributed by atoms with Crippen molar-refractivity contribution in [2.45, 2.75) is 20.3 Å². The number of nitrogens with one attached hydrogen (secondary N) is 1. The first-order valence-electron chi connectivity index (χ1n) is 6.29. The molecule has 2 rings (SSSR count). The van der Waals surface area contributed by atoms with Gasteiger partial charge in [0.1, 0.15) is 5.75 Å². The maximum atomic E-state index is 12.1. The molecule has 2 N–H and O–H groups in total. The molecule has 0 bridgehead atoms. The number of hydrogen-bond donors (Lipinski definition) is 2. The third-order valence-corrected chi connectivity index (χ3v) is 2.92. The molecule has 0 heterocycles. The van der Waals surface area contributed by atoms with Crippen molar-refractivity contribution in [3.05, 3.63) is 59.2 Å². The van der Waals surface area contributed by atoms with Crippen LogP contribution in [-0.2, 0) is 6.42 Å². The SMILES string of the molecule is CCc1cc(O)cc(NC(=O)c2cccc(C)c2)c1. The number of phenols is 1. The van der Waals surface area contributed by atoms with Crippen molar-refractivity contribution in [1.82, 2.24) is 0 Å². The van der Waals surface area contributed by atoms with Crippen molar-refractivity contribution < 1.29 is 9.90 Å². The Morgan fingerprint density at radius 3 is 2.68 bits per heavy atom. The summed E-state index contributed by atoms with van der Waals surface area (Å²) in [5.41, 5.74) is 3.25. The van der Waals surface area contributed by atoms with Crippen LogP contribution in [-0.4, -0.2) is 11.0 Å². The summed E-state index contributed by atoms with van der Waals surface area (Å²) in [5, 5.41) is 12.4. The van der Waals surface area contributed by atoms with Gasteiger partial charge in [0.25, 0.3) is 5.91 Å². The van der Waals surface area contributed by atoms with Crippen LogP contribution in [0.3, 0.4) is 0 Å². The number of carbonyl (C=O) groups is 1. The molecule has 98 valence electrons. The number of aromatic hydroxyl groups is 1. The molecule has 0 spiro atoms. The van der Waals surface area contributed by atoms with Gasteiger partial charge in [0.15, 0.2) is 0 Å². The summed E-state index contributed by atoms with van der Waals surface area (Å²) in [5.74, 6) is -0.00440. The predicted octanol–water partition coefficient (Wildman–Crippen LogP) is 3.52. The minimum atomic E-state index is -0.170. The molecule has 0 aliphatic carbocycles. The van der Waals surface area contributed by atoms with Crippen molar-refractivity contribution in [2.75, 3.05) is 5.32 Å². The molecule has 0 radical (unpaired) electrons. The Hall–Kier alpha value is -2.29. The van der Waals surface area contributed by atoms with E-state index < -0.39 is 0 Å². The van der Waals surface area contributed by atoms with Gasteiger partial charge in [-0.2, -0.15) is 0 Å². The highest BCUT2D eigenvalue weighted by molar-refractivity contribution is 6.04. The summed E-state index contributed by atoms with van der Waals surface area (Å²) in [7, 11) is 0. The number of aryl methyl sites for hydroxylation is 2.